The summed E-state index contributed by atoms with van der Waals surface area (Å²) in [5.74, 6) is 2.13. The summed E-state index contributed by atoms with van der Waals surface area (Å²) in [6, 6.07) is 0. The first kappa shape index (κ1) is 9.37. The highest BCUT2D eigenvalue weighted by atomic mass is 19.4. The Morgan fingerprint density at radius 1 is 1.50 bits per heavy atom. The average molecular weight is 150 g/mol. The van der Waals surface area contributed by atoms with Crippen molar-refractivity contribution < 1.29 is 12.9 Å². The molecule has 0 rings (SSSR count). The maximum absolute atomic E-state index is 11.6. The van der Waals surface area contributed by atoms with Crippen LogP contribution in [0.25, 0.3) is 0 Å². The molecule has 0 aliphatic rings. The number of terminal acetylenes is 1. The lowest BCUT2D eigenvalue weighted by Gasteiger charge is -2.20. The number of nitrogens with zero attached hydrogens (tertiary/aromatic N) is 1. The van der Waals surface area contributed by atoms with Gasteiger partial charge in [-0.25, -0.2) is 0 Å². The highest BCUT2D eigenvalue weighted by molar-refractivity contribution is 6.58. The lowest BCUT2D eigenvalue weighted by molar-refractivity contribution is 0.357. The minimum Gasteiger partial charge on any atom is -0.448 e. The molecule has 0 bridgehead atoms. The van der Waals surface area contributed by atoms with E-state index in [4.69, 9.17) is 6.42 Å². The van der Waals surface area contributed by atoms with Crippen LogP contribution < -0.4 is 0 Å². The van der Waals surface area contributed by atoms with E-state index in [2.05, 4.69) is 5.92 Å². The fourth-order valence-corrected chi connectivity index (χ4v) is 0.574. The Morgan fingerprint density at radius 2 is 2.00 bits per heavy atom. The van der Waals surface area contributed by atoms with Crippen molar-refractivity contribution in [1.29, 1.82) is 0 Å². The molecule has 0 amide bonds. The van der Waals surface area contributed by atoms with Crippen LogP contribution in [0, 0.1) is 12.3 Å². The Morgan fingerprint density at radius 3 is 2.30 bits per heavy atom. The second-order valence-electron chi connectivity index (χ2n) is 2.11. The molecule has 0 aromatic rings. The van der Waals surface area contributed by atoms with Crippen LogP contribution in [0.2, 0.25) is 0 Å². The predicted molar refractivity (Wildman–Crippen MR) is 35.4 cm³/mol. The van der Waals surface area contributed by atoms with Gasteiger partial charge in [-0.2, -0.15) is 0 Å². The SMILES string of the molecule is C#CCN(C)C[B-](F)(F)F. The first-order chi connectivity index (χ1) is 4.45. The van der Waals surface area contributed by atoms with Crippen LogP contribution in [0.1, 0.15) is 0 Å². The van der Waals surface area contributed by atoms with E-state index in [1.807, 2.05) is 0 Å². The summed E-state index contributed by atoms with van der Waals surface area (Å²) < 4.78 is 34.7. The Balaban J connectivity index is 3.60. The van der Waals surface area contributed by atoms with Crippen molar-refractivity contribution in [3.63, 3.8) is 0 Å². The number of rotatable bonds is 3. The summed E-state index contributed by atoms with van der Waals surface area (Å²) >= 11 is 0. The van der Waals surface area contributed by atoms with Gasteiger partial charge in [0.05, 0.1) is 6.54 Å². The van der Waals surface area contributed by atoms with E-state index >= 15 is 0 Å². The highest BCUT2D eigenvalue weighted by Gasteiger charge is 2.24. The quantitative estimate of drug-likeness (QED) is 0.427. The summed E-state index contributed by atoms with van der Waals surface area (Å²) in [6.45, 7) is -4.68. The minimum absolute atomic E-state index is 0.0429. The van der Waals surface area contributed by atoms with Crippen LogP contribution in [-0.2, 0) is 0 Å². The maximum atomic E-state index is 11.6. The van der Waals surface area contributed by atoms with E-state index < -0.39 is 13.4 Å². The first-order valence-corrected chi connectivity index (χ1v) is 2.78. The molecule has 5 heteroatoms. The van der Waals surface area contributed by atoms with Gasteiger partial charge in [0.15, 0.2) is 0 Å². The number of halogens is 3. The van der Waals surface area contributed by atoms with Crippen molar-refractivity contribution >= 4 is 6.98 Å². The zero-order valence-electron chi connectivity index (χ0n) is 5.65. The normalized spacial score (nSPS) is 11.6. The smallest absolute Gasteiger partial charge is 0.448 e. The second kappa shape index (κ2) is 3.52. The largest absolute Gasteiger partial charge is 0.492 e. The molecule has 0 spiro atoms. The van der Waals surface area contributed by atoms with Gasteiger partial charge >= 0.3 is 6.98 Å². The summed E-state index contributed by atoms with van der Waals surface area (Å²) in [6.07, 6.45) is 3.91. The van der Waals surface area contributed by atoms with Crippen LogP contribution >= 0.6 is 0 Å². The Labute approximate surface area is 58.3 Å². The number of hydrogen-bond acceptors (Lipinski definition) is 1. The molecule has 0 heterocycles. The third-order valence-corrected chi connectivity index (χ3v) is 0.880. The molecular weight excluding hydrogens is 142 g/mol. The molecular formula is C5H8BF3N-. The van der Waals surface area contributed by atoms with Crippen LogP contribution in [0.15, 0.2) is 0 Å². The minimum atomic E-state index is -4.72. The molecule has 0 atom stereocenters. The molecule has 0 aliphatic heterocycles. The Bertz CT molecular complexity index is 137. The maximum Gasteiger partial charge on any atom is 0.492 e. The average Bonchev–Trinajstić information content (AvgIpc) is 1.59. The van der Waals surface area contributed by atoms with Gasteiger partial charge in [0.2, 0.25) is 0 Å². The summed E-state index contributed by atoms with van der Waals surface area (Å²) in [4.78, 5) is 1.06. The van der Waals surface area contributed by atoms with Crippen LogP contribution in [0.5, 0.6) is 0 Å². The van der Waals surface area contributed by atoms with Crippen LogP contribution in [-0.4, -0.2) is 31.9 Å². The fraction of sp³-hybridized carbons (Fsp3) is 0.600. The molecule has 58 valence electrons. The molecule has 0 aliphatic carbocycles. The van der Waals surface area contributed by atoms with E-state index in [0.717, 1.165) is 4.90 Å². The zero-order valence-corrected chi connectivity index (χ0v) is 5.65. The standard InChI is InChI=1S/C5H8BF3N/c1-3-4-10(2)5-6(7,8)9/h1H,4-5H2,2H3/q-1. The van der Waals surface area contributed by atoms with Crippen molar-refractivity contribution in [2.24, 2.45) is 0 Å². The fourth-order valence-electron chi connectivity index (χ4n) is 0.574. The molecule has 0 aromatic heterocycles. The van der Waals surface area contributed by atoms with Crippen LogP contribution in [0.4, 0.5) is 12.9 Å². The van der Waals surface area contributed by atoms with Gasteiger partial charge in [-0.05, 0) is 13.5 Å². The molecule has 10 heavy (non-hydrogen) atoms. The van der Waals surface area contributed by atoms with Gasteiger partial charge in [0.1, 0.15) is 0 Å². The van der Waals surface area contributed by atoms with Gasteiger partial charge in [-0.15, -0.1) is 6.42 Å². The Kier molecular flexibility index (Phi) is 3.30. The topological polar surface area (TPSA) is 3.24 Å². The molecule has 0 saturated heterocycles. The van der Waals surface area contributed by atoms with Gasteiger partial charge in [-0.1, -0.05) is 5.92 Å². The molecule has 0 fully saturated rings. The third kappa shape index (κ3) is 5.51. The van der Waals surface area contributed by atoms with Gasteiger partial charge in [0, 0.05) is 0 Å². The number of hydrogen-bond donors (Lipinski definition) is 0. The molecule has 1 nitrogen and oxygen atoms in total. The summed E-state index contributed by atoms with van der Waals surface area (Å²) in [7, 11) is 1.34. The van der Waals surface area contributed by atoms with Crippen molar-refractivity contribution in [1.82, 2.24) is 4.90 Å². The molecule has 0 unspecified atom stereocenters. The monoisotopic (exact) mass is 150 g/mol. The zero-order chi connectivity index (χ0) is 8.20. The first-order valence-electron chi connectivity index (χ1n) is 2.78. The van der Waals surface area contributed by atoms with Crippen LogP contribution in [0.3, 0.4) is 0 Å². The molecule has 0 saturated carbocycles. The lowest BCUT2D eigenvalue weighted by atomic mass is 9.91. The van der Waals surface area contributed by atoms with Crippen molar-refractivity contribution in [2.45, 2.75) is 0 Å². The summed E-state index contributed by atoms with van der Waals surface area (Å²) in [5.41, 5.74) is 0. The van der Waals surface area contributed by atoms with E-state index in [-0.39, 0.29) is 6.54 Å². The molecule has 0 radical (unpaired) electrons. The Hall–Kier alpha value is -0.625. The predicted octanol–water partition coefficient (Wildman–Crippen LogP) is 0.938. The van der Waals surface area contributed by atoms with E-state index in [1.54, 1.807) is 0 Å². The van der Waals surface area contributed by atoms with E-state index in [1.165, 1.54) is 7.05 Å². The highest BCUT2D eigenvalue weighted by Crippen LogP contribution is 2.08. The van der Waals surface area contributed by atoms with Gasteiger partial charge in [-0.3, -0.25) is 0 Å². The summed E-state index contributed by atoms with van der Waals surface area (Å²) in [5, 5.41) is 0. The van der Waals surface area contributed by atoms with Crippen molar-refractivity contribution in [3.8, 4) is 12.3 Å². The second-order valence-corrected chi connectivity index (χ2v) is 2.11. The van der Waals surface area contributed by atoms with Gasteiger partial charge < -0.3 is 17.8 Å². The van der Waals surface area contributed by atoms with Gasteiger partial charge in [0.25, 0.3) is 0 Å². The molecule has 0 N–H and O–H groups in total. The van der Waals surface area contributed by atoms with Crippen molar-refractivity contribution in [2.75, 3.05) is 20.0 Å². The third-order valence-electron chi connectivity index (χ3n) is 0.880. The van der Waals surface area contributed by atoms with E-state index in [9.17, 15) is 12.9 Å². The molecule has 0 aromatic carbocycles. The van der Waals surface area contributed by atoms with E-state index in [0.29, 0.717) is 0 Å². The van der Waals surface area contributed by atoms with Crippen molar-refractivity contribution in [3.05, 3.63) is 0 Å². The lowest BCUT2D eigenvalue weighted by Crippen LogP contribution is -2.35.